The SMILES string of the molecule is Cc1ccc(COc2ccc(Br)cc2CNc2ccc(C(=O)O)c(Cl)c2)cc1. The second-order valence-corrected chi connectivity index (χ2v) is 7.70. The lowest BCUT2D eigenvalue weighted by Gasteiger charge is -2.14. The number of nitrogens with one attached hydrogen (secondary N) is 1. The number of rotatable bonds is 7. The van der Waals surface area contributed by atoms with Crippen molar-refractivity contribution in [3.8, 4) is 5.75 Å². The van der Waals surface area contributed by atoms with Gasteiger partial charge in [-0.15, -0.1) is 0 Å². The first-order valence-corrected chi connectivity index (χ1v) is 9.83. The maximum atomic E-state index is 11.1. The Morgan fingerprint density at radius 2 is 1.86 bits per heavy atom. The molecule has 0 saturated heterocycles. The van der Waals surface area contributed by atoms with Gasteiger partial charge in [-0.1, -0.05) is 57.4 Å². The van der Waals surface area contributed by atoms with E-state index in [4.69, 9.17) is 21.4 Å². The summed E-state index contributed by atoms with van der Waals surface area (Å²) in [5.74, 6) is -0.264. The molecule has 0 aliphatic carbocycles. The first-order chi connectivity index (χ1) is 13.4. The molecule has 0 heterocycles. The van der Waals surface area contributed by atoms with E-state index in [-0.39, 0.29) is 10.6 Å². The Hall–Kier alpha value is -2.50. The second-order valence-electron chi connectivity index (χ2n) is 6.38. The van der Waals surface area contributed by atoms with E-state index >= 15 is 0 Å². The zero-order chi connectivity index (χ0) is 20.1. The number of carbonyl (C=O) groups is 1. The van der Waals surface area contributed by atoms with Gasteiger partial charge in [0.1, 0.15) is 12.4 Å². The van der Waals surface area contributed by atoms with Crippen LogP contribution in [-0.2, 0) is 13.2 Å². The minimum absolute atomic E-state index is 0.0804. The molecule has 0 amide bonds. The summed E-state index contributed by atoms with van der Waals surface area (Å²) in [6.07, 6.45) is 0. The van der Waals surface area contributed by atoms with Gasteiger partial charge in [-0.3, -0.25) is 0 Å². The van der Waals surface area contributed by atoms with Gasteiger partial charge in [-0.05, 0) is 48.9 Å². The molecule has 144 valence electrons. The summed E-state index contributed by atoms with van der Waals surface area (Å²) in [5.41, 5.74) is 4.10. The fraction of sp³-hybridized carbons (Fsp3) is 0.136. The van der Waals surface area contributed by atoms with Gasteiger partial charge in [0.2, 0.25) is 0 Å². The van der Waals surface area contributed by atoms with Gasteiger partial charge in [0, 0.05) is 22.3 Å². The van der Waals surface area contributed by atoms with Crippen molar-refractivity contribution in [1.29, 1.82) is 0 Å². The summed E-state index contributed by atoms with van der Waals surface area (Å²) in [7, 11) is 0. The number of hydrogen-bond donors (Lipinski definition) is 2. The highest BCUT2D eigenvalue weighted by molar-refractivity contribution is 9.10. The van der Waals surface area contributed by atoms with Crippen LogP contribution in [0, 0.1) is 6.92 Å². The number of carboxylic acid groups (broad SMARTS) is 1. The van der Waals surface area contributed by atoms with Gasteiger partial charge in [0.15, 0.2) is 0 Å². The van der Waals surface area contributed by atoms with Crippen LogP contribution in [0.4, 0.5) is 5.69 Å². The number of benzene rings is 3. The van der Waals surface area contributed by atoms with Gasteiger partial charge in [0.05, 0.1) is 10.6 Å². The van der Waals surface area contributed by atoms with Gasteiger partial charge in [-0.2, -0.15) is 0 Å². The first kappa shape index (κ1) is 20.2. The largest absolute Gasteiger partial charge is 0.489 e. The lowest BCUT2D eigenvalue weighted by Crippen LogP contribution is -2.05. The van der Waals surface area contributed by atoms with Crippen molar-refractivity contribution in [1.82, 2.24) is 0 Å². The Kier molecular flexibility index (Phi) is 6.60. The molecule has 4 nitrogen and oxygen atoms in total. The quantitative estimate of drug-likeness (QED) is 0.434. The van der Waals surface area contributed by atoms with Crippen LogP contribution in [0.5, 0.6) is 5.75 Å². The summed E-state index contributed by atoms with van der Waals surface area (Å²) in [5, 5.41) is 12.5. The highest BCUT2D eigenvalue weighted by atomic mass is 79.9. The number of aromatic carboxylic acids is 1. The van der Waals surface area contributed by atoms with Crippen molar-refractivity contribution in [3.63, 3.8) is 0 Å². The van der Waals surface area contributed by atoms with E-state index in [0.717, 1.165) is 27.0 Å². The molecule has 28 heavy (non-hydrogen) atoms. The zero-order valence-corrected chi connectivity index (χ0v) is 17.5. The maximum Gasteiger partial charge on any atom is 0.337 e. The summed E-state index contributed by atoms with van der Waals surface area (Å²) in [6.45, 7) is 3.04. The van der Waals surface area contributed by atoms with Crippen molar-refractivity contribution in [2.24, 2.45) is 0 Å². The maximum absolute atomic E-state index is 11.1. The molecule has 0 spiro atoms. The molecule has 2 N–H and O–H groups in total. The molecule has 3 aromatic rings. The second kappa shape index (κ2) is 9.13. The van der Waals surface area contributed by atoms with E-state index in [1.807, 2.05) is 18.2 Å². The Morgan fingerprint density at radius 3 is 2.54 bits per heavy atom. The van der Waals surface area contributed by atoms with E-state index in [2.05, 4.69) is 52.4 Å². The fourth-order valence-corrected chi connectivity index (χ4v) is 3.34. The van der Waals surface area contributed by atoms with Crippen molar-refractivity contribution in [2.75, 3.05) is 5.32 Å². The molecule has 0 bridgehead atoms. The molecule has 0 aliphatic rings. The molecule has 0 aliphatic heterocycles. The molecular weight excluding hydrogens is 442 g/mol. The minimum atomic E-state index is -1.05. The highest BCUT2D eigenvalue weighted by Gasteiger charge is 2.10. The van der Waals surface area contributed by atoms with E-state index in [9.17, 15) is 4.79 Å². The minimum Gasteiger partial charge on any atom is -0.489 e. The Bertz CT molecular complexity index is 990. The normalized spacial score (nSPS) is 10.5. The molecule has 0 atom stereocenters. The zero-order valence-electron chi connectivity index (χ0n) is 15.2. The van der Waals surface area contributed by atoms with Crippen LogP contribution in [0.15, 0.2) is 65.1 Å². The van der Waals surface area contributed by atoms with Crippen LogP contribution < -0.4 is 10.1 Å². The molecular formula is C22H19BrClNO3. The van der Waals surface area contributed by atoms with Crippen LogP contribution in [0.1, 0.15) is 27.0 Å². The van der Waals surface area contributed by atoms with Crippen LogP contribution in [0.3, 0.4) is 0 Å². The summed E-state index contributed by atoms with van der Waals surface area (Å²) < 4.78 is 6.97. The van der Waals surface area contributed by atoms with Crippen LogP contribution in [0.25, 0.3) is 0 Å². The third-order valence-corrected chi connectivity index (χ3v) is 5.03. The van der Waals surface area contributed by atoms with Crippen LogP contribution in [-0.4, -0.2) is 11.1 Å². The molecule has 6 heteroatoms. The Balaban J connectivity index is 1.71. The molecule has 3 aromatic carbocycles. The first-order valence-electron chi connectivity index (χ1n) is 8.66. The van der Waals surface area contributed by atoms with Gasteiger partial charge < -0.3 is 15.2 Å². The lowest BCUT2D eigenvalue weighted by molar-refractivity contribution is 0.0697. The van der Waals surface area contributed by atoms with E-state index in [1.165, 1.54) is 11.6 Å². The number of halogens is 2. The smallest absolute Gasteiger partial charge is 0.337 e. The predicted molar refractivity (Wildman–Crippen MR) is 115 cm³/mol. The molecule has 0 unspecified atom stereocenters. The van der Waals surface area contributed by atoms with Crippen molar-refractivity contribution >= 4 is 39.2 Å². The van der Waals surface area contributed by atoms with Gasteiger partial charge in [0.25, 0.3) is 0 Å². The Labute approximate surface area is 177 Å². The van der Waals surface area contributed by atoms with Crippen molar-refractivity contribution < 1.29 is 14.6 Å². The summed E-state index contributed by atoms with van der Waals surface area (Å²) >= 11 is 9.53. The van der Waals surface area contributed by atoms with Crippen molar-refractivity contribution in [2.45, 2.75) is 20.1 Å². The molecule has 0 fully saturated rings. The van der Waals surface area contributed by atoms with Crippen LogP contribution in [0.2, 0.25) is 5.02 Å². The molecule has 0 saturated carbocycles. The molecule has 3 rings (SSSR count). The van der Waals surface area contributed by atoms with E-state index in [0.29, 0.717) is 13.2 Å². The number of carboxylic acids is 1. The average Bonchev–Trinajstić information content (AvgIpc) is 2.66. The molecule has 0 radical (unpaired) electrons. The number of hydrogen-bond acceptors (Lipinski definition) is 3. The fourth-order valence-electron chi connectivity index (χ4n) is 2.67. The standard InChI is InChI=1S/C22H19BrClNO3/c1-14-2-4-15(5-3-14)13-28-21-9-6-17(23)10-16(21)12-25-18-7-8-19(22(26)27)20(24)11-18/h2-11,25H,12-13H2,1H3,(H,26,27). The number of aryl methyl sites for hydroxylation is 1. The van der Waals surface area contributed by atoms with Gasteiger partial charge >= 0.3 is 5.97 Å². The number of anilines is 1. The van der Waals surface area contributed by atoms with E-state index in [1.54, 1.807) is 12.1 Å². The highest BCUT2D eigenvalue weighted by Crippen LogP contribution is 2.26. The van der Waals surface area contributed by atoms with Crippen LogP contribution >= 0.6 is 27.5 Å². The third-order valence-electron chi connectivity index (χ3n) is 4.22. The lowest BCUT2D eigenvalue weighted by atomic mass is 10.1. The molecule has 0 aromatic heterocycles. The third kappa shape index (κ3) is 5.27. The summed E-state index contributed by atoms with van der Waals surface area (Å²) in [6, 6.07) is 18.9. The van der Waals surface area contributed by atoms with Gasteiger partial charge in [-0.25, -0.2) is 4.79 Å². The average molecular weight is 461 g/mol. The monoisotopic (exact) mass is 459 g/mol. The van der Waals surface area contributed by atoms with Crippen molar-refractivity contribution in [3.05, 3.63) is 92.4 Å². The topological polar surface area (TPSA) is 58.6 Å². The number of ether oxygens (including phenoxy) is 1. The van der Waals surface area contributed by atoms with E-state index < -0.39 is 5.97 Å². The Morgan fingerprint density at radius 1 is 1.11 bits per heavy atom. The summed E-state index contributed by atoms with van der Waals surface area (Å²) in [4.78, 5) is 11.1. The predicted octanol–water partition coefficient (Wildman–Crippen LogP) is 6.30.